The second-order valence-corrected chi connectivity index (χ2v) is 12.6. The van der Waals surface area contributed by atoms with Crippen LogP contribution in [-0.4, -0.2) is 57.5 Å². The van der Waals surface area contributed by atoms with Gasteiger partial charge in [-0.15, -0.1) is 0 Å². The average Bonchev–Trinajstić information content (AvgIpc) is 3.13. The number of carbonyl (C=O) groups is 1. The number of anilines is 1. The largest absolute Gasteiger partial charge is 0.462 e. The Bertz CT molecular complexity index is 1540. The predicted octanol–water partition coefficient (Wildman–Crippen LogP) is 3.26. The molecule has 1 aromatic heterocycles. The fourth-order valence-corrected chi connectivity index (χ4v) is 6.44. The summed E-state index contributed by atoms with van der Waals surface area (Å²) >= 11 is 5.66. The van der Waals surface area contributed by atoms with Gasteiger partial charge in [0.15, 0.2) is 17.7 Å². The Hall–Kier alpha value is -3.07. The Labute approximate surface area is 237 Å². The molecule has 0 saturated carbocycles. The molecular formula is C25H28F3N4O7PS. The number of aliphatic hydroxyl groups is 1. The molecule has 222 valence electrons. The lowest BCUT2D eigenvalue weighted by Crippen LogP contribution is -2.42. The minimum atomic E-state index is -4.07. The number of ether oxygens (including phenoxy) is 2. The highest BCUT2D eigenvalue weighted by molar-refractivity contribution is 8.09. The number of hydrogen-bond donors (Lipinski definition) is 3. The topological polar surface area (TPSA) is 147 Å². The van der Waals surface area contributed by atoms with Crippen molar-refractivity contribution in [3.63, 3.8) is 0 Å². The van der Waals surface area contributed by atoms with Crippen molar-refractivity contribution >= 4 is 41.0 Å². The van der Waals surface area contributed by atoms with Gasteiger partial charge >= 0.3 is 24.2 Å². The van der Waals surface area contributed by atoms with Gasteiger partial charge in [-0.25, -0.2) is 14.3 Å². The van der Waals surface area contributed by atoms with Gasteiger partial charge in [0.1, 0.15) is 17.9 Å². The van der Waals surface area contributed by atoms with Crippen molar-refractivity contribution in [3.8, 4) is 5.75 Å². The second-order valence-electron chi connectivity index (χ2n) is 9.51. The first-order valence-corrected chi connectivity index (χ1v) is 15.0. The Morgan fingerprint density at radius 1 is 1.27 bits per heavy atom. The number of aliphatic hydroxyl groups excluding tert-OH is 1. The number of nitrogens with zero attached hydrogens (tertiary/aromatic N) is 2. The van der Waals surface area contributed by atoms with E-state index >= 15 is 8.78 Å². The van der Waals surface area contributed by atoms with Gasteiger partial charge in [-0.1, -0.05) is 36.4 Å². The van der Waals surface area contributed by atoms with E-state index < -0.39 is 73.0 Å². The van der Waals surface area contributed by atoms with Crippen molar-refractivity contribution < 1.29 is 41.6 Å². The highest BCUT2D eigenvalue weighted by atomic mass is 32.5. The minimum Gasteiger partial charge on any atom is -0.462 e. The van der Waals surface area contributed by atoms with E-state index in [1.807, 2.05) is 18.2 Å². The van der Waals surface area contributed by atoms with Crippen LogP contribution in [-0.2, 0) is 30.6 Å². The second kappa shape index (κ2) is 12.0. The first-order chi connectivity index (χ1) is 19.2. The molecule has 2 aromatic carbocycles. The monoisotopic (exact) mass is 616 g/mol. The van der Waals surface area contributed by atoms with Crippen LogP contribution < -0.4 is 21.0 Å². The lowest BCUT2D eigenvalue weighted by molar-refractivity contribution is -0.149. The molecule has 0 aliphatic carbocycles. The number of nitrogens with two attached hydrogens (primary N) is 1. The highest BCUT2D eigenvalue weighted by Gasteiger charge is 2.60. The summed E-state index contributed by atoms with van der Waals surface area (Å²) in [5.41, 5.74) is 3.92. The van der Waals surface area contributed by atoms with Gasteiger partial charge in [-0.2, -0.15) is 13.8 Å². The van der Waals surface area contributed by atoms with Gasteiger partial charge in [0.2, 0.25) is 6.23 Å². The maximum Gasteiger partial charge on any atom is 0.352 e. The number of alkyl halides is 2. The van der Waals surface area contributed by atoms with Crippen LogP contribution in [0.4, 0.5) is 19.0 Å². The standard InChI is InChI=1S/C25H28F3N4O7PS/c1-13(2)37-22(34)14(3)31-40(41,39-18-10-6-8-15-7-4-5-9-16(15)18)36-12-19-20(33)25(27,28)23(38-19)32-11-17(26)21(29)30-24(32)35/h4-11,13-14,19-20,23,33H,12H2,1-3H3,(H,31,41)(H2,29,30,35). The van der Waals surface area contributed by atoms with Gasteiger partial charge < -0.3 is 29.4 Å². The summed E-state index contributed by atoms with van der Waals surface area (Å²) in [5, 5.41) is 14.7. The Kier molecular flexibility index (Phi) is 9.07. The zero-order valence-electron chi connectivity index (χ0n) is 22.1. The van der Waals surface area contributed by atoms with E-state index in [1.165, 1.54) is 6.92 Å². The quantitative estimate of drug-likeness (QED) is 0.228. The molecule has 1 aliphatic rings. The summed E-state index contributed by atoms with van der Waals surface area (Å²) in [4.78, 5) is 27.8. The van der Waals surface area contributed by atoms with Crippen molar-refractivity contribution in [2.75, 3.05) is 12.3 Å². The van der Waals surface area contributed by atoms with E-state index in [1.54, 1.807) is 38.1 Å². The predicted molar refractivity (Wildman–Crippen MR) is 146 cm³/mol. The van der Waals surface area contributed by atoms with Crippen molar-refractivity contribution in [1.82, 2.24) is 14.6 Å². The van der Waals surface area contributed by atoms with Crippen LogP contribution in [0.3, 0.4) is 0 Å². The van der Waals surface area contributed by atoms with E-state index in [9.17, 15) is 19.1 Å². The normalized spacial score (nSPS) is 22.4. The average molecular weight is 617 g/mol. The molecule has 16 heteroatoms. The van der Waals surface area contributed by atoms with Crippen LogP contribution in [0.1, 0.15) is 27.0 Å². The minimum absolute atomic E-state index is 0.194. The number of benzene rings is 2. The van der Waals surface area contributed by atoms with E-state index in [0.29, 0.717) is 11.6 Å². The van der Waals surface area contributed by atoms with Crippen LogP contribution >= 0.6 is 6.64 Å². The fraction of sp³-hybridized carbons (Fsp3) is 0.400. The molecule has 4 N–H and O–H groups in total. The lowest BCUT2D eigenvalue weighted by atomic mass is 10.1. The summed E-state index contributed by atoms with van der Waals surface area (Å²) in [6.45, 7) is 0.277. The molecule has 1 aliphatic heterocycles. The summed E-state index contributed by atoms with van der Waals surface area (Å²) in [6, 6.07) is 11.3. The first-order valence-electron chi connectivity index (χ1n) is 12.4. The lowest BCUT2D eigenvalue weighted by Gasteiger charge is -2.28. The van der Waals surface area contributed by atoms with Gasteiger partial charge in [-0.3, -0.25) is 9.36 Å². The van der Waals surface area contributed by atoms with Crippen molar-refractivity contribution in [2.24, 2.45) is 0 Å². The third-order valence-electron chi connectivity index (χ3n) is 6.00. The van der Waals surface area contributed by atoms with E-state index in [4.69, 9.17) is 36.1 Å². The molecule has 3 aromatic rings. The molecule has 1 fully saturated rings. The molecule has 5 atom stereocenters. The van der Waals surface area contributed by atoms with Gasteiger partial charge in [0.25, 0.3) is 0 Å². The third-order valence-corrected chi connectivity index (χ3v) is 8.49. The van der Waals surface area contributed by atoms with Crippen LogP contribution in [0.5, 0.6) is 5.75 Å². The number of carbonyl (C=O) groups excluding carboxylic acids is 1. The number of halogens is 3. The molecule has 4 rings (SSSR count). The van der Waals surface area contributed by atoms with Gasteiger partial charge in [0.05, 0.1) is 18.9 Å². The molecule has 2 heterocycles. The molecule has 0 spiro atoms. The molecule has 11 nitrogen and oxygen atoms in total. The summed E-state index contributed by atoms with van der Waals surface area (Å²) in [5.74, 6) is -6.46. The van der Waals surface area contributed by atoms with Crippen LogP contribution in [0.15, 0.2) is 53.5 Å². The number of hydrogen-bond acceptors (Lipinski definition) is 10. The van der Waals surface area contributed by atoms with Crippen molar-refractivity contribution in [3.05, 3.63) is 65.0 Å². The smallest absolute Gasteiger partial charge is 0.352 e. The maximum atomic E-state index is 15.0. The number of aromatic nitrogens is 2. The number of esters is 1. The van der Waals surface area contributed by atoms with Gasteiger partial charge in [-0.05, 0) is 44.0 Å². The number of nitrogen functional groups attached to an aromatic ring is 1. The molecule has 1 saturated heterocycles. The number of fused-ring (bicyclic) bond motifs is 1. The zero-order valence-corrected chi connectivity index (χ0v) is 23.8. The first kappa shape index (κ1) is 30.9. The van der Waals surface area contributed by atoms with Gasteiger partial charge in [0, 0.05) is 5.39 Å². The SMILES string of the molecule is CC(C)OC(=O)C(C)NP(=S)(OCC1OC(n2cc(F)c(N)nc2=O)C(F)(F)C1O)Oc1cccc2ccccc12. The van der Waals surface area contributed by atoms with E-state index in [-0.39, 0.29) is 10.3 Å². The summed E-state index contributed by atoms with van der Waals surface area (Å²) < 4.78 is 66.5. The van der Waals surface area contributed by atoms with Crippen LogP contribution in [0.25, 0.3) is 10.8 Å². The molecule has 0 radical (unpaired) electrons. The summed E-state index contributed by atoms with van der Waals surface area (Å²) in [6.07, 6.45) is -6.69. The Balaban J connectivity index is 1.60. The molecule has 0 amide bonds. The maximum absolute atomic E-state index is 15.0. The zero-order chi connectivity index (χ0) is 30.1. The number of rotatable bonds is 10. The summed E-state index contributed by atoms with van der Waals surface area (Å²) in [7, 11) is 0. The van der Waals surface area contributed by atoms with Crippen LogP contribution in [0.2, 0.25) is 0 Å². The molecule has 5 unspecified atom stereocenters. The van der Waals surface area contributed by atoms with Crippen molar-refractivity contribution in [1.29, 1.82) is 0 Å². The molecule has 41 heavy (non-hydrogen) atoms. The van der Waals surface area contributed by atoms with Crippen molar-refractivity contribution in [2.45, 2.75) is 57.3 Å². The fourth-order valence-electron chi connectivity index (χ4n) is 4.02. The molecular weight excluding hydrogens is 588 g/mol. The van der Waals surface area contributed by atoms with E-state index in [0.717, 1.165) is 5.39 Å². The van der Waals surface area contributed by atoms with Crippen LogP contribution in [0, 0.1) is 5.82 Å². The Morgan fingerprint density at radius 2 is 1.95 bits per heavy atom. The highest BCUT2D eigenvalue weighted by Crippen LogP contribution is 2.49. The van der Waals surface area contributed by atoms with E-state index in [2.05, 4.69) is 10.1 Å². The third kappa shape index (κ3) is 6.71. The Morgan fingerprint density at radius 3 is 2.66 bits per heavy atom. The molecule has 0 bridgehead atoms. The number of nitrogens with one attached hydrogen (secondary N) is 1.